The molecule has 0 amide bonds. The fraction of sp³-hybridized carbons (Fsp3) is 0.333. The highest BCUT2D eigenvalue weighted by Crippen LogP contribution is 2.27. The zero-order valence-electron chi connectivity index (χ0n) is 18.6. The minimum absolute atomic E-state index is 0.0638. The molecule has 1 aromatic carbocycles. The van der Waals surface area contributed by atoms with Crippen LogP contribution in [0.2, 0.25) is 0 Å². The van der Waals surface area contributed by atoms with Crippen molar-refractivity contribution in [1.82, 2.24) is 14.9 Å². The molecule has 3 aromatic rings. The Morgan fingerprint density at radius 1 is 0.935 bits per heavy atom. The van der Waals surface area contributed by atoms with E-state index in [2.05, 4.69) is 49.7 Å². The Labute approximate surface area is 190 Å². The normalized spacial score (nSPS) is 13.4. The van der Waals surface area contributed by atoms with Gasteiger partial charge in [0.15, 0.2) is 0 Å². The second-order valence-electron chi connectivity index (χ2n) is 8.70. The van der Waals surface area contributed by atoms with Crippen LogP contribution in [-0.4, -0.2) is 41.3 Å². The number of hydrogen-bond acceptors (Lipinski definition) is 5. The molecule has 0 aliphatic rings. The number of nitrogens with one attached hydrogen (secondary N) is 2. The Hall–Kier alpha value is -2.35. The average Bonchev–Trinajstić information content (AvgIpc) is 3.12. The Balaban J connectivity index is 1.85. The first-order chi connectivity index (χ1) is 14.6. The summed E-state index contributed by atoms with van der Waals surface area (Å²) in [6.45, 7) is 7.47. The van der Waals surface area contributed by atoms with Crippen molar-refractivity contribution in [3.8, 4) is 0 Å². The summed E-state index contributed by atoms with van der Waals surface area (Å²) in [5.74, 6) is 1.01. The Bertz CT molecular complexity index is 1260. The molecule has 0 spiro atoms. The van der Waals surface area contributed by atoms with Gasteiger partial charge in [-0.05, 0) is 54.9 Å². The molecule has 0 fully saturated rings. The molecule has 0 radical (unpaired) electrons. The Morgan fingerprint density at radius 2 is 1.55 bits per heavy atom. The monoisotopic (exact) mass is 455 g/mol. The molecule has 0 unspecified atom stereocenters. The van der Waals surface area contributed by atoms with Gasteiger partial charge in [0.2, 0.25) is 0 Å². The van der Waals surface area contributed by atoms with Gasteiger partial charge >= 0.3 is 0 Å². The van der Waals surface area contributed by atoms with Crippen LogP contribution in [0.15, 0.2) is 50.2 Å². The number of aromatic amines is 2. The highest BCUT2D eigenvalue weighted by Gasteiger charge is 2.12. The predicted octanol–water partition coefficient (Wildman–Crippen LogP) is 2.73. The fourth-order valence-electron chi connectivity index (χ4n) is 2.90. The number of thioether (sulfide) groups is 1. The van der Waals surface area contributed by atoms with Crippen molar-refractivity contribution in [2.45, 2.75) is 30.4 Å². The zero-order chi connectivity index (χ0) is 22.6. The van der Waals surface area contributed by atoms with Crippen molar-refractivity contribution in [2.75, 3.05) is 26.4 Å². The van der Waals surface area contributed by atoms with E-state index in [1.54, 1.807) is 35.3 Å². The highest BCUT2D eigenvalue weighted by atomic mass is 32.2. The summed E-state index contributed by atoms with van der Waals surface area (Å²) in [7, 11) is 4.11. The predicted molar refractivity (Wildman–Crippen MR) is 133 cm³/mol. The summed E-state index contributed by atoms with van der Waals surface area (Å²) in [6.07, 6.45) is 3.42. The van der Waals surface area contributed by atoms with Gasteiger partial charge in [-0.25, -0.2) is 0 Å². The number of benzene rings is 1. The van der Waals surface area contributed by atoms with E-state index in [0.717, 1.165) is 22.7 Å². The van der Waals surface area contributed by atoms with Crippen molar-refractivity contribution < 1.29 is 0 Å². The van der Waals surface area contributed by atoms with Crippen LogP contribution in [0.25, 0.3) is 12.2 Å². The molecule has 0 saturated heterocycles. The van der Waals surface area contributed by atoms with Gasteiger partial charge < -0.3 is 14.9 Å². The number of thiophene rings is 1. The average molecular weight is 456 g/mol. The largest absolute Gasteiger partial charge is 0.316 e. The maximum Gasteiger partial charge on any atom is 0.272 e. The van der Waals surface area contributed by atoms with Gasteiger partial charge in [0.25, 0.3) is 11.1 Å². The SMILES string of the molecule is CN(C)CCSc1ccc(/C=c2\[nH]c(=O)/c(=C/c3ccc(C(C)(C)C)cc3)[nH]c2=O)s1. The van der Waals surface area contributed by atoms with Crippen LogP contribution in [0.1, 0.15) is 36.8 Å². The molecule has 31 heavy (non-hydrogen) atoms. The van der Waals surface area contributed by atoms with Gasteiger partial charge in [-0.3, -0.25) is 9.59 Å². The van der Waals surface area contributed by atoms with Gasteiger partial charge in [0.1, 0.15) is 10.7 Å². The number of H-pyrrole nitrogens is 2. The van der Waals surface area contributed by atoms with Crippen LogP contribution >= 0.6 is 23.1 Å². The summed E-state index contributed by atoms with van der Waals surface area (Å²) in [5.41, 5.74) is 1.51. The van der Waals surface area contributed by atoms with Crippen molar-refractivity contribution in [3.63, 3.8) is 0 Å². The second-order valence-corrected chi connectivity index (χ2v) is 11.2. The summed E-state index contributed by atoms with van der Waals surface area (Å²) in [4.78, 5) is 33.6. The third-order valence-corrected chi connectivity index (χ3v) is 6.98. The number of aromatic nitrogens is 2. The minimum atomic E-state index is -0.317. The number of rotatable bonds is 6. The summed E-state index contributed by atoms with van der Waals surface area (Å²) < 4.78 is 1.19. The van der Waals surface area contributed by atoms with E-state index in [-0.39, 0.29) is 27.2 Å². The van der Waals surface area contributed by atoms with Crippen molar-refractivity contribution in [1.29, 1.82) is 0 Å². The molecular formula is C24H29N3O2S2. The van der Waals surface area contributed by atoms with E-state index < -0.39 is 0 Å². The third-order valence-electron chi connectivity index (χ3n) is 4.74. The molecular weight excluding hydrogens is 426 g/mol. The van der Waals surface area contributed by atoms with Crippen LogP contribution in [0, 0.1) is 0 Å². The Morgan fingerprint density at radius 3 is 2.13 bits per heavy atom. The minimum Gasteiger partial charge on any atom is -0.316 e. The second kappa shape index (κ2) is 9.85. The Kier molecular flexibility index (Phi) is 7.41. The first-order valence-electron chi connectivity index (χ1n) is 10.2. The molecule has 0 aliphatic heterocycles. The van der Waals surface area contributed by atoms with Crippen molar-refractivity contribution in [3.05, 3.63) is 83.8 Å². The quantitative estimate of drug-likeness (QED) is 0.561. The zero-order valence-corrected chi connectivity index (χ0v) is 20.2. The van der Waals surface area contributed by atoms with Gasteiger partial charge in [0.05, 0.1) is 4.21 Å². The van der Waals surface area contributed by atoms with E-state index in [0.29, 0.717) is 0 Å². The topological polar surface area (TPSA) is 69.0 Å². The van der Waals surface area contributed by atoms with Gasteiger partial charge in [0, 0.05) is 17.2 Å². The van der Waals surface area contributed by atoms with E-state index in [9.17, 15) is 9.59 Å². The lowest BCUT2D eigenvalue weighted by Crippen LogP contribution is -2.46. The van der Waals surface area contributed by atoms with Crippen LogP contribution in [-0.2, 0) is 5.41 Å². The fourth-order valence-corrected chi connectivity index (χ4v) is 5.18. The molecule has 0 aliphatic carbocycles. The first-order valence-corrected chi connectivity index (χ1v) is 12.0. The molecule has 2 aromatic heterocycles. The van der Waals surface area contributed by atoms with Gasteiger partial charge in [-0.15, -0.1) is 23.1 Å². The first kappa shape index (κ1) is 23.3. The van der Waals surface area contributed by atoms with E-state index in [1.807, 2.05) is 36.4 Å². The summed E-state index contributed by atoms with van der Waals surface area (Å²) in [5, 5.41) is 0.508. The third kappa shape index (κ3) is 6.56. The van der Waals surface area contributed by atoms with E-state index in [1.165, 1.54) is 9.77 Å². The molecule has 5 nitrogen and oxygen atoms in total. The van der Waals surface area contributed by atoms with Crippen molar-refractivity contribution >= 4 is 35.3 Å². The standard InChI is InChI=1S/C24H29N3O2S2/c1-24(2,3)17-8-6-16(7-9-17)14-19-22(28)26-20(23(29)25-19)15-18-10-11-21(31-18)30-13-12-27(4)5/h6-11,14-15H,12-13H2,1-5H3,(H,25,29)(H,26,28)/b19-14-,20-15-. The molecule has 7 heteroatoms. The van der Waals surface area contributed by atoms with Crippen LogP contribution < -0.4 is 21.8 Å². The van der Waals surface area contributed by atoms with E-state index >= 15 is 0 Å². The highest BCUT2D eigenvalue weighted by molar-refractivity contribution is 8.01. The summed E-state index contributed by atoms with van der Waals surface area (Å²) >= 11 is 3.40. The number of nitrogens with zero attached hydrogens (tertiary/aromatic N) is 1. The van der Waals surface area contributed by atoms with Crippen LogP contribution in [0.5, 0.6) is 0 Å². The maximum absolute atomic E-state index is 12.5. The molecule has 0 saturated carbocycles. The molecule has 0 bridgehead atoms. The maximum atomic E-state index is 12.5. The lowest BCUT2D eigenvalue weighted by molar-refractivity contribution is 0.437. The van der Waals surface area contributed by atoms with Crippen molar-refractivity contribution in [2.24, 2.45) is 0 Å². The molecule has 0 atom stereocenters. The molecule has 2 N–H and O–H groups in total. The van der Waals surface area contributed by atoms with Gasteiger partial charge in [-0.1, -0.05) is 45.0 Å². The van der Waals surface area contributed by atoms with Gasteiger partial charge in [-0.2, -0.15) is 0 Å². The summed E-state index contributed by atoms with van der Waals surface area (Å²) in [6, 6.07) is 12.0. The molecule has 3 rings (SSSR count). The molecule has 2 heterocycles. The number of hydrogen-bond donors (Lipinski definition) is 2. The van der Waals surface area contributed by atoms with Crippen LogP contribution in [0.3, 0.4) is 0 Å². The molecule has 164 valence electrons. The lowest BCUT2D eigenvalue weighted by Gasteiger charge is -2.18. The lowest BCUT2D eigenvalue weighted by atomic mass is 9.87. The van der Waals surface area contributed by atoms with E-state index in [4.69, 9.17) is 0 Å². The smallest absolute Gasteiger partial charge is 0.272 e. The van der Waals surface area contributed by atoms with Crippen LogP contribution in [0.4, 0.5) is 0 Å².